The topological polar surface area (TPSA) is 105 Å². The lowest BCUT2D eigenvalue weighted by Crippen LogP contribution is -2.42. The fourth-order valence-electron chi connectivity index (χ4n) is 5.00. The van der Waals surface area contributed by atoms with Crippen molar-refractivity contribution in [3.8, 4) is 11.1 Å². The number of rotatable bonds is 9. The van der Waals surface area contributed by atoms with Gasteiger partial charge in [-0.15, -0.1) is 0 Å². The van der Waals surface area contributed by atoms with Crippen molar-refractivity contribution in [3.05, 3.63) is 71.8 Å². The molecule has 0 aromatic heterocycles. The van der Waals surface area contributed by atoms with Crippen LogP contribution in [0.3, 0.4) is 0 Å². The minimum Gasteiger partial charge on any atom is -0.481 e. The van der Waals surface area contributed by atoms with Crippen molar-refractivity contribution >= 4 is 18.0 Å². The molecule has 0 spiro atoms. The zero-order valence-electron chi connectivity index (χ0n) is 19.9. The van der Waals surface area contributed by atoms with Gasteiger partial charge in [0.2, 0.25) is 5.91 Å². The summed E-state index contributed by atoms with van der Waals surface area (Å²) in [5.41, 5.74) is 4.66. The lowest BCUT2D eigenvalue weighted by molar-refractivity contribution is -0.138. The summed E-state index contributed by atoms with van der Waals surface area (Å²) >= 11 is 0. The molecular formula is C28H32N2O5. The molecule has 2 aliphatic carbocycles. The summed E-state index contributed by atoms with van der Waals surface area (Å²) < 4.78 is 5.63. The number of aliphatic carboxylic acids is 1. The Hall–Kier alpha value is -3.61. The molecule has 1 unspecified atom stereocenters. The molecule has 0 saturated carbocycles. The van der Waals surface area contributed by atoms with Gasteiger partial charge in [-0.05, 0) is 41.0 Å². The average Bonchev–Trinajstić information content (AvgIpc) is 3.18. The van der Waals surface area contributed by atoms with E-state index in [0.717, 1.165) is 11.1 Å². The highest BCUT2D eigenvalue weighted by atomic mass is 16.5. The van der Waals surface area contributed by atoms with E-state index in [1.165, 1.54) is 11.1 Å². The number of allylic oxidation sites excluding steroid dienone is 1. The Balaban J connectivity index is 1.28. The van der Waals surface area contributed by atoms with Gasteiger partial charge in [0.15, 0.2) is 0 Å². The fraction of sp³-hybridized carbons (Fsp3) is 0.393. The van der Waals surface area contributed by atoms with Gasteiger partial charge < -0.3 is 20.5 Å². The van der Waals surface area contributed by atoms with Gasteiger partial charge in [-0.25, -0.2) is 4.79 Å². The summed E-state index contributed by atoms with van der Waals surface area (Å²) in [6, 6.07) is 16.1. The molecule has 0 fully saturated rings. The normalized spacial score (nSPS) is 19.3. The van der Waals surface area contributed by atoms with Gasteiger partial charge in [0.1, 0.15) is 6.61 Å². The van der Waals surface area contributed by atoms with Crippen molar-refractivity contribution < 1.29 is 24.2 Å². The minimum absolute atomic E-state index is 0.00844. The Kier molecular flexibility index (Phi) is 7.85. The van der Waals surface area contributed by atoms with Crippen LogP contribution in [0, 0.1) is 11.8 Å². The third-order valence-corrected chi connectivity index (χ3v) is 6.95. The molecule has 0 bridgehead atoms. The van der Waals surface area contributed by atoms with Crippen LogP contribution in [0.5, 0.6) is 0 Å². The highest BCUT2D eigenvalue weighted by molar-refractivity contribution is 5.80. The first-order valence-electron chi connectivity index (χ1n) is 12.2. The largest absolute Gasteiger partial charge is 0.481 e. The van der Waals surface area contributed by atoms with Crippen LogP contribution in [-0.4, -0.2) is 42.3 Å². The van der Waals surface area contributed by atoms with Crippen LogP contribution in [-0.2, 0) is 14.3 Å². The molecular weight excluding hydrogens is 444 g/mol. The molecule has 7 nitrogen and oxygen atoms in total. The molecule has 3 atom stereocenters. The fourth-order valence-corrected chi connectivity index (χ4v) is 5.00. The molecule has 4 rings (SSSR count). The summed E-state index contributed by atoms with van der Waals surface area (Å²) in [5.74, 6) is -1.35. The predicted molar refractivity (Wildman–Crippen MR) is 133 cm³/mol. The first-order chi connectivity index (χ1) is 17.0. The first-order valence-corrected chi connectivity index (χ1v) is 12.2. The first kappa shape index (κ1) is 24.5. The highest BCUT2D eigenvalue weighted by Gasteiger charge is 2.30. The number of alkyl carbamates (subject to hydrolysis) is 1. The van der Waals surface area contributed by atoms with E-state index in [4.69, 9.17) is 9.84 Å². The van der Waals surface area contributed by atoms with Crippen LogP contribution in [0.25, 0.3) is 11.1 Å². The van der Waals surface area contributed by atoms with Crippen molar-refractivity contribution in [2.24, 2.45) is 11.8 Å². The van der Waals surface area contributed by atoms with E-state index >= 15 is 0 Å². The number of ether oxygens (including phenoxy) is 1. The van der Waals surface area contributed by atoms with E-state index in [-0.39, 0.29) is 42.7 Å². The van der Waals surface area contributed by atoms with Crippen molar-refractivity contribution in [2.45, 2.75) is 44.6 Å². The van der Waals surface area contributed by atoms with Gasteiger partial charge in [-0.2, -0.15) is 0 Å². The Morgan fingerprint density at radius 1 is 1.06 bits per heavy atom. The third kappa shape index (κ3) is 5.91. The molecule has 3 N–H and O–H groups in total. The Labute approximate surface area is 205 Å². The number of hydrogen-bond acceptors (Lipinski definition) is 4. The summed E-state index contributed by atoms with van der Waals surface area (Å²) in [6.45, 7) is 2.49. The number of carboxylic acid groups (broad SMARTS) is 1. The molecule has 0 aliphatic heterocycles. The number of benzene rings is 2. The zero-order chi connectivity index (χ0) is 24.8. The van der Waals surface area contributed by atoms with E-state index < -0.39 is 12.1 Å². The molecule has 7 heteroatoms. The van der Waals surface area contributed by atoms with Crippen LogP contribution in [0.2, 0.25) is 0 Å². The summed E-state index contributed by atoms with van der Waals surface area (Å²) in [7, 11) is 0. The van der Waals surface area contributed by atoms with E-state index in [1.807, 2.05) is 43.3 Å². The second-order valence-corrected chi connectivity index (χ2v) is 9.29. The Morgan fingerprint density at radius 2 is 1.71 bits per heavy atom. The van der Waals surface area contributed by atoms with Crippen LogP contribution in [0.15, 0.2) is 60.7 Å². The standard InChI is InChI=1S/C28H32N2O5/c1-2-18(14-26(31)32)16-29-27(33)19-8-7-9-20(15-19)30-28(34)35-17-25-23-12-5-3-10-21(23)22-11-4-6-13-24(22)25/h3-7,9-13,18-20,25H,2,8,14-17H2,1H3,(H,29,33)(H,30,34)(H,31,32)/t18?,19-,20-/m1/s1. The smallest absolute Gasteiger partial charge is 0.407 e. The maximum absolute atomic E-state index is 12.6. The Morgan fingerprint density at radius 3 is 2.34 bits per heavy atom. The van der Waals surface area contributed by atoms with Gasteiger partial charge in [0, 0.05) is 24.8 Å². The number of hydrogen-bond donors (Lipinski definition) is 3. The molecule has 2 aliphatic rings. The highest BCUT2D eigenvalue weighted by Crippen LogP contribution is 2.44. The van der Waals surface area contributed by atoms with E-state index in [1.54, 1.807) is 0 Å². The number of nitrogens with one attached hydrogen (secondary N) is 2. The van der Waals surface area contributed by atoms with Crippen molar-refractivity contribution in [1.82, 2.24) is 10.6 Å². The van der Waals surface area contributed by atoms with Gasteiger partial charge in [-0.1, -0.05) is 74.0 Å². The molecule has 2 aromatic carbocycles. The lowest BCUT2D eigenvalue weighted by Gasteiger charge is -2.25. The average molecular weight is 477 g/mol. The van der Waals surface area contributed by atoms with E-state index in [2.05, 4.69) is 34.9 Å². The molecule has 2 amide bonds. The maximum Gasteiger partial charge on any atom is 0.407 e. The predicted octanol–water partition coefficient (Wildman–Crippen LogP) is 4.48. The zero-order valence-corrected chi connectivity index (χ0v) is 19.9. The summed E-state index contributed by atoms with van der Waals surface area (Å²) in [5, 5.41) is 14.7. The van der Waals surface area contributed by atoms with Gasteiger partial charge in [0.05, 0.1) is 6.04 Å². The van der Waals surface area contributed by atoms with Gasteiger partial charge >= 0.3 is 12.1 Å². The second-order valence-electron chi connectivity index (χ2n) is 9.29. The van der Waals surface area contributed by atoms with Gasteiger partial charge in [-0.3, -0.25) is 9.59 Å². The van der Waals surface area contributed by atoms with Crippen LogP contribution < -0.4 is 10.6 Å². The van der Waals surface area contributed by atoms with Crippen LogP contribution in [0.1, 0.15) is 49.7 Å². The number of amides is 2. The number of carbonyl (C=O) groups excluding carboxylic acids is 2. The second kappa shape index (κ2) is 11.2. The number of carbonyl (C=O) groups is 3. The molecule has 184 valence electrons. The minimum atomic E-state index is -0.862. The number of fused-ring (bicyclic) bond motifs is 3. The van der Waals surface area contributed by atoms with Crippen LogP contribution in [0.4, 0.5) is 4.79 Å². The monoisotopic (exact) mass is 476 g/mol. The summed E-state index contributed by atoms with van der Waals surface area (Å²) in [4.78, 5) is 36.2. The molecule has 0 saturated heterocycles. The third-order valence-electron chi connectivity index (χ3n) is 6.95. The van der Waals surface area contributed by atoms with Gasteiger partial charge in [0.25, 0.3) is 0 Å². The SMILES string of the molecule is CCC(CNC(=O)[C@@H]1CC=C[C@@H](NC(=O)OCC2c3ccccc3-c3ccccc32)C1)CC(=O)O. The maximum atomic E-state index is 12.6. The van der Waals surface area contributed by atoms with E-state index in [0.29, 0.717) is 25.8 Å². The van der Waals surface area contributed by atoms with Crippen LogP contribution >= 0.6 is 0 Å². The summed E-state index contributed by atoms with van der Waals surface area (Å²) in [6.07, 6.45) is 5.07. The number of carboxylic acids is 1. The molecule has 2 aromatic rings. The molecule has 0 heterocycles. The van der Waals surface area contributed by atoms with E-state index in [9.17, 15) is 14.4 Å². The lowest BCUT2D eigenvalue weighted by atomic mass is 9.90. The quantitative estimate of drug-likeness (QED) is 0.463. The van der Waals surface area contributed by atoms with Crippen molar-refractivity contribution in [3.63, 3.8) is 0 Å². The van der Waals surface area contributed by atoms with Crippen molar-refractivity contribution in [1.29, 1.82) is 0 Å². The molecule has 35 heavy (non-hydrogen) atoms. The molecule has 0 radical (unpaired) electrons. The Bertz CT molecular complexity index is 1070. The van der Waals surface area contributed by atoms with Crippen molar-refractivity contribution in [2.75, 3.05) is 13.2 Å².